The molecule has 13 heavy (non-hydrogen) atoms. The monoisotopic (exact) mass is 200 g/mol. The lowest BCUT2D eigenvalue weighted by molar-refractivity contribution is 0.522. The first-order chi connectivity index (χ1) is 6.26. The smallest absolute Gasteiger partial charge is 0.0521 e. The fourth-order valence-corrected chi connectivity index (χ4v) is 1.73. The highest BCUT2D eigenvalue weighted by Crippen LogP contribution is 2.13. The second kappa shape index (κ2) is 5.28. The summed E-state index contributed by atoms with van der Waals surface area (Å²) in [5.74, 6) is 1.43. The van der Waals surface area contributed by atoms with Crippen molar-refractivity contribution in [3.8, 4) is 0 Å². The third-order valence-electron chi connectivity index (χ3n) is 2.40. The van der Waals surface area contributed by atoms with Gasteiger partial charge in [-0.15, -0.1) is 11.6 Å². The summed E-state index contributed by atoms with van der Waals surface area (Å²) >= 11 is 5.82. The van der Waals surface area contributed by atoms with Crippen LogP contribution in [0.3, 0.4) is 0 Å². The molecule has 1 aromatic rings. The lowest BCUT2D eigenvalue weighted by Crippen LogP contribution is -2.01. The molecule has 74 valence electrons. The van der Waals surface area contributed by atoms with Gasteiger partial charge in [0.2, 0.25) is 0 Å². The van der Waals surface area contributed by atoms with Gasteiger partial charge in [0.15, 0.2) is 0 Å². The number of alkyl halides is 1. The van der Waals surface area contributed by atoms with Crippen molar-refractivity contribution < 1.29 is 0 Å². The standard InChI is InChI=1S/C10H17ClN2/c1-3-9(6-11)4-5-10-7-12-13(2)8-10/h7-9H,3-6H2,1-2H3. The predicted octanol–water partition coefficient (Wildman–Crippen LogP) is 2.62. The quantitative estimate of drug-likeness (QED) is 0.669. The first kappa shape index (κ1) is 10.6. The Morgan fingerprint density at radius 1 is 1.62 bits per heavy atom. The minimum absolute atomic E-state index is 0.655. The minimum Gasteiger partial charge on any atom is -0.276 e. The Kier molecular flexibility index (Phi) is 4.29. The van der Waals surface area contributed by atoms with Gasteiger partial charge in [-0.25, -0.2) is 0 Å². The second-order valence-corrected chi connectivity index (χ2v) is 3.80. The Morgan fingerprint density at radius 3 is 2.85 bits per heavy atom. The third-order valence-corrected chi connectivity index (χ3v) is 2.83. The molecule has 0 aliphatic heterocycles. The lowest BCUT2D eigenvalue weighted by Gasteiger charge is -2.08. The Bertz CT molecular complexity index is 241. The van der Waals surface area contributed by atoms with Crippen molar-refractivity contribution in [1.29, 1.82) is 0 Å². The van der Waals surface area contributed by atoms with Crippen LogP contribution < -0.4 is 0 Å². The zero-order valence-corrected chi connectivity index (χ0v) is 9.09. The summed E-state index contributed by atoms with van der Waals surface area (Å²) in [4.78, 5) is 0. The highest BCUT2D eigenvalue weighted by atomic mass is 35.5. The van der Waals surface area contributed by atoms with E-state index in [1.165, 1.54) is 18.4 Å². The average Bonchev–Trinajstić information content (AvgIpc) is 2.53. The molecular formula is C10H17ClN2. The summed E-state index contributed by atoms with van der Waals surface area (Å²) in [5, 5.41) is 4.13. The van der Waals surface area contributed by atoms with Crippen molar-refractivity contribution in [2.75, 3.05) is 5.88 Å². The predicted molar refractivity (Wildman–Crippen MR) is 56.0 cm³/mol. The van der Waals surface area contributed by atoms with E-state index in [1.807, 2.05) is 17.9 Å². The normalized spacial score (nSPS) is 13.2. The van der Waals surface area contributed by atoms with Crippen molar-refractivity contribution in [3.63, 3.8) is 0 Å². The fourth-order valence-electron chi connectivity index (χ4n) is 1.36. The van der Waals surface area contributed by atoms with Crippen molar-refractivity contribution in [2.24, 2.45) is 13.0 Å². The molecule has 0 aliphatic rings. The minimum atomic E-state index is 0.655. The lowest BCUT2D eigenvalue weighted by atomic mass is 10.0. The molecule has 0 saturated heterocycles. The first-order valence-electron chi connectivity index (χ1n) is 4.79. The zero-order valence-electron chi connectivity index (χ0n) is 8.33. The van der Waals surface area contributed by atoms with Crippen molar-refractivity contribution in [1.82, 2.24) is 9.78 Å². The molecule has 0 saturated carbocycles. The van der Waals surface area contributed by atoms with E-state index in [0.29, 0.717) is 5.92 Å². The van der Waals surface area contributed by atoms with Gasteiger partial charge in [0.25, 0.3) is 0 Å². The molecule has 1 unspecified atom stereocenters. The Balaban J connectivity index is 2.33. The molecule has 0 spiro atoms. The highest BCUT2D eigenvalue weighted by molar-refractivity contribution is 6.18. The number of rotatable bonds is 5. The number of hydrogen-bond acceptors (Lipinski definition) is 1. The molecular weight excluding hydrogens is 184 g/mol. The van der Waals surface area contributed by atoms with Crippen LogP contribution in [0.4, 0.5) is 0 Å². The summed E-state index contributed by atoms with van der Waals surface area (Å²) in [5.41, 5.74) is 1.31. The van der Waals surface area contributed by atoms with Gasteiger partial charge >= 0.3 is 0 Å². The van der Waals surface area contributed by atoms with Crippen LogP contribution in [0.15, 0.2) is 12.4 Å². The summed E-state index contributed by atoms with van der Waals surface area (Å²) in [6, 6.07) is 0. The van der Waals surface area contributed by atoms with E-state index in [1.54, 1.807) is 0 Å². The van der Waals surface area contributed by atoms with Crippen molar-refractivity contribution in [2.45, 2.75) is 26.2 Å². The van der Waals surface area contributed by atoms with E-state index in [-0.39, 0.29) is 0 Å². The first-order valence-corrected chi connectivity index (χ1v) is 5.33. The van der Waals surface area contributed by atoms with Crippen LogP contribution >= 0.6 is 11.6 Å². The maximum Gasteiger partial charge on any atom is 0.0521 e. The SMILES string of the molecule is CCC(CCl)CCc1cnn(C)c1. The van der Waals surface area contributed by atoms with Crippen molar-refractivity contribution >= 4 is 11.6 Å². The Hall–Kier alpha value is -0.500. The number of hydrogen-bond donors (Lipinski definition) is 0. The van der Waals surface area contributed by atoms with Crippen molar-refractivity contribution in [3.05, 3.63) is 18.0 Å². The molecule has 0 aliphatic carbocycles. The molecule has 1 atom stereocenters. The molecule has 0 aromatic carbocycles. The second-order valence-electron chi connectivity index (χ2n) is 3.49. The van der Waals surface area contributed by atoms with E-state index in [4.69, 9.17) is 11.6 Å². The van der Waals surface area contributed by atoms with Gasteiger partial charge in [-0.05, 0) is 24.3 Å². The molecule has 0 bridgehead atoms. The van der Waals surface area contributed by atoms with Gasteiger partial charge in [0.05, 0.1) is 6.20 Å². The summed E-state index contributed by atoms with van der Waals surface area (Å²) in [6.07, 6.45) is 7.44. The molecule has 1 rings (SSSR count). The van der Waals surface area contributed by atoms with Gasteiger partial charge < -0.3 is 0 Å². The van der Waals surface area contributed by atoms with E-state index in [9.17, 15) is 0 Å². The Morgan fingerprint density at radius 2 is 2.38 bits per heavy atom. The number of aromatic nitrogens is 2. The molecule has 3 heteroatoms. The van der Waals surface area contributed by atoms with Crippen LogP contribution in [0.2, 0.25) is 0 Å². The number of aryl methyl sites for hydroxylation is 2. The van der Waals surface area contributed by atoms with Crippen LogP contribution in [0.5, 0.6) is 0 Å². The van der Waals surface area contributed by atoms with E-state index in [0.717, 1.165) is 12.3 Å². The number of halogens is 1. The van der Waals surface area contributed by atoms with Crippen LogP contribution in [0.1, 0.15) is 25.3 Å². The molecule has 1 aromatic heterocycles. The largest absolute Gasteiger partial charge is 0.276 e. The molecule has 0 fully saturated rings. The maximum atomic E-state index is 5.82. The van der Waals surface area contributed by atoms with Gasteiger partial charge in [-0.3, -0.25) is 4.68 Å². The summed E-state index contributed by atoms with van der Waals surface area (Å²) in [7, 11) is 1.95. The van der Waals surface area contributed by atoms with Gasteiger partial charge in [0.1, 0.15) is 0 Å². The number of nitrogens with zero attached hydrogens (tertiary/aromatic N) is 2. The van der Waals surface area contributed by atoms with Gasteiger partial charge in [-0.2, -0.15) is 5.10 Å². The van der Waals surface area contributed by atoms with Crippen LogP contribution in [-0.2, 0) is 13.5 Å². The van der Waals surface area contributed by atoms with Gasteiger partial charge in [-0.1, -0.05) is 13.3 Å². The van der Waals surface area contributed by atoms with Crippen LogP contribution in [0, 0.1) is 5.92 Å². The van der Waals surface area contributed by atoms with Gasteiger partial charge in [0, 0.05) is 19.1 Å². The molecule has 0 radical (unpaired) electrons. The molecule has 0 N–H and O–H groups in total. The van der Waals surface area contributed by atoms with E-state index in [2.05, 4.69) is 18.2 Å². The zero-order chi connectivity index (χ0) is 9.68. The van der Waals surface area contributed by atoms with Crippen LogP contribution in [-0.4, -0.2) is 15.7 Å². The van der Waals surface area contributed by atoms with Crippen LogP contribution in [0.25, 0.3) is 0 Å². The Labute approximate surface area is 84.9 Å². The summed E-state index contributed by atoms with van der Waals surface area (Å²) < 4.78 is 1.84. The third kappa shape index (κ3) is 3.39. The average molecular weight is 201 g/mol. The van der Waals surface area contributed by atoms with E-state index >= 15 is 0 Å². The molecule has 1 heterocycles. The summed E-state index contributed by atoms with van der Waals surface area (Å²) in [6.45, 7) is 2.19. The molecule has 0 amide bonds. The molecule has 2 nitrogen and oxygen atoms in total. The fraction of sp³-hybridized carbons (Fsp3) is 0.700. The highest BCUT2D eigenvalue weighted by Gasteiger charge is 2.05. The van der Waals surface area contributed by atoms with E-state index < -0.39 is 0 Å². The maximum absolute atomic E-state index is 5.82. The topological polar surface area (TPSA) is 17.8 Å².